The number of carbonyl (C=O) groups excluding carboxylic acids is 1. The molecule has 40 heavy (non-hydrogen) atoms. The van der Waals surface area contributed by atoms with Crippen LogP contribution >= 0.6 is 23.6 Å². The molecule has 1 amide bonds. The lowest BCUT2D eigenvalue weighted by atomic mass is 10.1. The van der Waals surface area contributed by atoms with Crippen molar-refractivity contribution in [3.8, 4) is 0 Å². The molecule has 13 nitrogen and oxygen atoms in total. The van der Waals surface area contributed by atoms with Crippen molar-refractivity contribution >= 4 is 79.0 Å². The molecule has 208 valence electrons. The van der Waals surface area contributed by atoms with Gasteiger partial charge in [-0.05, 0) is 47.9 Å². The third-order valence-electron chi connectivity index (χ3n) is 4.94. The van der Waals surface area contributed by atoms with Crippen LogP contribution in [0.3, 0.4) is 0 Å². The number of fused-ring (bicyclic) bond motifs is 1. The van der Waals surface area contributed by atoms with Crippen molar-refractivity contribution in [3.63, 3.8) is 0 Å². The van der Waals surface area contributed by atoms with Crippen LogP contribution < -0.4 is 10.6 Å². The lowest BCUT2D eigenvalue weighted by molar-refractivity contribution is -0.432. The quantitative estimate of drug-likeness (QED) is 0.0314. The van der Waals surface area contributed by atoms with Crippen LogP contribution in [-0.4, -0.2) is 34.1 Å². The highest BCUT2D eigenvalue weighted by molar-refractivity contribution is 7.94. The van der Waals surface area contributed by atoms with Crippen LogP contribution in [0.4, 0.5) is 37.3 Å². The summed E-state index contributed by atoms with van der Waals surface area (Å²) in [4.78, 5) is 17.8. The number of azo groups is 1. The topological polar surface area (TPSA) is 185 Å². The number of anilines is 3. The van der Waals surface area contributed by atoms with Crippen molar-refractivity contribution in [2.75, 3.05) is 10.6 Å². The number of rotatable bonds is 9. The Balaban J connectivity index is 1.69. The summed E-state index contributed by atoms with van der Waals surface area (Å²) in [5.41, 5.74) is 0.728. The molecule has 0 spiro atoms. The number of halogens is 3. The van der Waals surface area contributed by atoms with E-state index in [-0.39, 0.29) is 38.8 Å². The first kappa shape index (κ1) is 29.2. The summed E-state index contributed by atoms with van der Waals surface area (Å²) in [6, 6.07) is 11.2. The predicted molar refractivity (Wildman–Crippen MR) is 140 cm³/mol. The van der Waals surface area contributed by atoms with Crippen molar-refractivity contribution in [2.24, 2.45) is 10.2 Å². The summed E-state index contributed by atoms with van der Waals surface area (Å²) in [6.45, 7) is 1.25. The zero-order chi connectivity index (χ0) is 29.0. The average Bonchev–Trinajstić information content (AvgIpc) is 2.88. The Morgan fingerprint density at radius 2 is 1.88 bits per heavy atom. The van der Waals surface area contributed by atoms with E-state index in [0.717, 1.165) is 6.07 Å². The highest BCUT2D eigenvalue weighted by atomic mass is 35.5. The Hall–Kier alpha value is -3.84. The minimum absolute atomic E-state index is 0.107. The number of aromatic nitrogens is 2. The summed E-state index contributed by atoms with van der Waals surface area (Å²) in [6.07, 6.45) is -1.34. The number of hydrogen-bond donors (Lipinski definition) is 4. The number of carbonyl (C=O) groups is 1. The summed E-state index contributed by atoms with van der Waals surface area (Å²) in [5, 5.41) is 25.2. The largest absolute Gasteiger partial charge is 0.339 e. The summed E-state index contributed by atoms with van der Waals surface area (Å²) in [7, 11) is -4.68. The molecule has 18 heteroatoms. The third-order valence-corrected chi connectivity index (χ3v) is 6.72. The van der Waals surface area contributed by atoms with Crippen molar-refractivity contribution in [3.05, 3.63) is 65.6 Å². The Labute approximate surface area is 233 Å². The second-order valence-electron chi connectivity index (χ2n) is 7.71. The van der Waals surface area contributed by atoms with E-state index in [1.54, 1.807) is 0 Å². The first-order valence-electron chi connectivity index (χ1n) is 10.6. The Morgan fingerprint density at radius 3 is 2.58 bits per heavy atom. The van der Waals surface area contributed by atoms with E-state index in [4.69, 9.17) is 16.9 Å². The van der Waals surface area contributed by atoms with E-state index in [0.29, 0.717) is 17.4 Å². The molecule has 1 aromatic heterocycles. The van der Waals surface area contributed by atoms with E-state index in [2.05, 4.69) is 40.2 Å². The predicted octanol–water partition coefficient (Wildman–Crippen LogP) is 6.35. The Bertz CT molecular complexity index is 1760. The normalized spacial score (nSPS) is 11.8. The fraction of sp³-hybridized carbons (Fsp3) is 0.0455. The van der Waals surface area contributed by atoms with Gasteiger partial charge in [-0.25, -0.2) is 5.26 Å². The summed E-state index contributed by atoms with van der Waals surface area (Å²) in [5.74, 6) is -2.07. The summed E-state index contributed by atoms with van der Waals surface area (Å²) < 4.78 is 65.1. The molecule has 0 aliphatic rings. The smallest absolute Gasteiger partial charge is 0.313 e. The number of benzene rings is 3. The number of nitrogens with one attached hydrogen (secondary N) is 2. The molecule has 4 rings (SSSR count). The molecule has 0 aliphatic heterocycles. The van der Waals surface area contributed by atoms with E-state index in [1.807, 2.05) is 0 Å². The molecule has 0 saturated carbocycles. The molecule has 0 saturated heterocycles. The Morgan fingerprint density at radius 1 is 1.10 bits per heavy atom. The van der Waals surface area contributed by atoms with Crippen LogP contribution in [0.1, 0.15) is 6.92 Å². The number of hydrogen-bond acceptors (Lipinski definition) is 12. The van der Waals surface area contributed by atoms with Gasteiger partial charge in [-0.3, -0.25) is 9.35 Å². The van der Waals surface area contributed by atoms with Gasteiger partial charge in [0.25, 0.3) is 10.1 Å². The maximum atomic E-state index is 13.7. The Kier molecular flexibility index (Phi) is 8.84. The van der Waals surface area contributed by atoms with E-state index < -0.39 is 38.0 Å². The van der Waals surface area contributed by atoms with Crippen molar-refractivity contribution in [1.29, 1.82) is 0 Å². The van der Waals surface area contributed by atoms with Crippen LogP contribution in [0.2, 0.25) is 5.02 Å². The SMILES string of the molecule is CC(=O)Nc1cc(Nc2nc(F)nc(F)c2Cl)ccc1N=Nc1ccc2cc(SOOO)cc(S(=O)(=O)O)c2c1. The molecule has 0 bridgehead atoms. The van der Waals surface area contributed by atoms with Crippen LogP contribution in [0, 0.1) is 12.0 Å². The lowest BCUT2D eigenvalue weighted by Gasteiger charge is -2.11. The molecule has 1 heterocycles. The van der Waals surface area contributed by atoms with Gasteiger partial charge in [0.1, 0.15) is 15.6 Å². The second-order valence-corrected chi connectivity index (χ2v) is 10.3. The van der Waals surface area contributed by atoms with Crippen LogP contribution in [-0.2, 0) is 24.3 Å². The third kappa shape index (κ3) is 7.02. The zero-order valence-electron chi connectivity index (χ0n) is 19.8. The lowest BCUT2D eigenvalue weighted by Crippen LogP contribution is -2.07. The van der Waals surface area contributed by atoms with Gasteiger partial charge in [-0.15, -0.1) is 9.45 Å². The molecule has 0 aliphatic carbocycles. The van der Waals surface area contributed by atoms with Crippen molar-refractivity contribution in [1.82, 2.24) is 9.97 Å². The van der Waals surface area contributed by atoms with Crippen LogP contribution in [0.15, 0.2) is 68.6 Å². The van der Waals surface area contributed by atoms with Crippen LogP contribution in [0.25, 0.3) is 10.8 Å². The molecule has 0 unspecified atom stereocenters. The highest BCUT2D eigenvalue weighted by Crippen LogP contribution is 2.35. The monoisotopic (exact) mass is 612 g/mol. The van der Waals surface area contributed by atoms with Gasteiger partial charge in [-0.2, -0.15) is 32.3 Å². The maximum absolute atomic E-state index is 13.7. The minimum atomic E-state index is -4.68. The van der Waals surface area contributed by atoms with Gasteiger partial charge in [0, 0.05) is 22.9 Å². The average molecular weight is 613 g/mol. The first-order valence-corrected chi connectivity index (χ1v) is 13.2. The molecule has 4 N–H and O–H groups in total. The fourth-order valence-electron chi connectivity index (χ4n) is 3.38. The standard InChI is InChI=1S/C22H15ClF2N6O7S2/c1-10(32)26-17-8-12(27-21-19(23)20(24)28-22(25)29-21)4-5-16(17)31-30-13-3-2-11-6-14(39-38-37-33)9-18(15(11)7-13)40(34,35)36/h2-9,33H,1H3,(H,26,32)(H,27,28,29)(H,34,35,36). The number of nitrogens with zero attached hydrogens (tertiary/aromatic N) is 4. The van der Waals surface area contributed by atoms with Gasteiger partial charge in [0.2, 0.25) is 11.9 Å². The zero-order valence-corrected chi connectivity index (χ0v) is 22.2. The highest BCUT2D eigenvalue weighted by Gasteiger charge is 2.18. The van der Waals surface area contributed by atoms with Gasteiger partial charge in [0.15, 0.2) is 5.82 Å². The molecular weight excluding hydrogens is 598 g/mol. The van der Waals surface area contributed by atoms with E-state index >= 15 is 0 Å². The van der Waals surface area contributed by atoms with E-state index in [1.165, 1.54) is 49.4 Å². The molecule has 0 radical (unpaired) electrons. The summed E-state index contributed by atoms with van der Waals surface area (Å²) >= 11 is 6.30. The van der Waals surface area contributed by atoms with Crippen LogP contribution in [0.5, 0.6) is 0 Å². The molecule has 3 aromatic carbocycles. The molecular formula is C22H15ClF2N6O7S2. The van der Waals surface area contributed by atoms with Gasteiger partial charge < -0.3 is 10.6 Å². The first-order chi connectivity index (χ1) is 18.9. The van der Waals surface area contributed by atoms with Gasteiger partial charge in [0.05, 0.1) is 23.4 Å². The maximum Gasteiger partial charge on any atom is 0.313 e. The van der Waals surface area contributed by atoms with Crippen molar-refractivity contribution in [2.45, 2.75) is 16.7 Å². The van der Waals surface area contributed by atoms with Gasteiger partial charge >= 0.3 is 6.08 Å². The molecule has 0 fully saturated rings. The molecule has 4 aromatic rings. The fourth-order valence-corrected chi connectivity index (χ4v) is 4.77. The minimum Gasteiger partial charge on any atom is -0.339 e. The molecule has 0 atom stereocenters. The van der Waals surface area contributed by atoms with E-state index in [9.17, 15) is 26.5 Å². The van der Waals surface area contributed by atoms with Gasteiger partial charge in [-0.1, -0.05) is 22.7 Å². The number of amides is 1. The second kappa shape index (κ2) is 12.1. The van der Waals surface area contributed by atoms with Crippen molar-refractivity contribution < 1.29 is 41.2 Å².